The molecule has 0 aliphatic carbocycles. The van der Waals surface area contributed by atoms with Crippen LogP contribution in [0.2, 0.25) is 0 Å². The fraction of sp³-hybridized carbons (Fsp3) is 0.185. The SMILES string of the molecule is C[C@H](NC(=O)c1cc2ccccc2n1Cc1cccc(C(=N)N)c1)c1cc[n+](C)cc1.O=C([O-])C(F)(F)F. The van der Waals surface area contributed by atoms with E-state index in [2.05, 4.69) is 5.32 Å². The van der Waals surface area contributed by atoms with Crippen LogP contribution in [0.25, 0.3) is 10.9 Å². The summed E-state index contributed by atoms with van der Waals surface area (Å²) in [4.78, 5) is 22.0. The summed E-state index contributed by atoms with van der Waals surface area (Å²) in [7, 11) is 1.96. The zero-order valence-electron chi connectivity index (χ0n) is 20.6. The molecule has 0 bridgehead atoms. The van der Waals surface area contributed by atoms with Gasteiger partial charge in [0.25, 0.3) is 5.91 Å². The quantitative estimate of drug-likeness (QED) is 0.203. The first-order valence-corrected chi connectivity index (χ1v) is 11.4. The molecular weight excluding hydrogens is 499 g/mol. The third kappa shape index (κ3) is 6.96. The van der Waals surface area contributed by atoms with Crippen LogP contribution in [0.3, 0.4) is 0 Å². The minimum atomic E-state index is -5.19. The van der Waals surface area contributed by atoms with E-state index in [1.54, 1.807) is 0 Å². The third-order valence-electron chi connectivity index (χ3n) is 5.71. The van der Waals surface area contributed by atoms with Crippen molar-refractivity contribution in [3.63, 3.8) is 0 Å². The molecule has 198 valence electrons. The molecule has 1 amide bonds. The number of fused-ring (bicyclic) bond motifs is 1. The molecule has 8 nitrogen and oxygen atoms in total. The number of para-hydroxylation sites is 1. The molecule has 2 heterocycles. The van der Waals surface area contributed by atoms with Gasteiger partial charge in [-0.25, -0.2) is 4.57 Å². The van der Waals surface area contributed by atoms with Crippen molar-refractivity contribution in [2.45, 2.75) is 25.7 Å². The monoisotopic (exact) mass is 525 g/mol. The number of aryl methyl sites for hydroxylation is 1. The van der Waals surface area contributed by atoms with Gasteiger partial charge in [-0.2, -0.15) is 13.2 Å². The van der Waals surface area contributed by atoms with Gasteiger partial charge in [0.2, 0.25) is 0 Å². The largest absolute Gasteiger partial charge is 0.542 e. The topological polar surface area (TPSA) is 128 Å². The van der Waals surface area contributed by atoms with Gasteiger partial charge in [0.15, 0.2) is 12.4 Å². The van der Waals surface area contributed by atoms with Crippen molar-refractivity contribution in [3.8, 4) is 0 Å². The molecule has 0 unspecified atom stereocenters. The molecule has 2 aromatic carbocycles. The number of carboxylic acids is 1. The zero-order valence-corrected chi connectivity index (χ0v) is 20.6. The number of nitrogens with one attached hydrogen (secondary N) is 2. The molecule has 0 spiro atoms. The number of aliphatic carboxylic acids is 1. The molecule has 2 aromatic heterocycles. The Morgan fingerprint density at radius 3 is 2.32 bits per heavy atom. The molecule has 4 aromatic rings. The summed E-state index contributed by atoms with van der Waals surface area (Å²) in [6.07, 6.45) is -1.26. The number of halogens is 3. The Labute approximate surface area is 216 Å². The number of alkyl halides is 3. The molecule has 0 fully saturated rings. The fourth-order valence-electron chi connectivity index (χ4n) is 3.74. The minimum absolute atomic E-state index is 0.0299. The number of hydrogen-bond acceptors (Lipinski definition) is 4. The zero-order chi connectivity index (χ0) is 28.0. The third-order valence-corrected chi connectivity index (χ3v) is 5.71. The number of pyridine rings is 1. The van der Waals surface area contributed by atoms with Crippen molar-refractivity contribution in [2.75, 3.05) is 0 Å². The molecule has 1 atom stereocenters. The van der Waals surface area contributed by atoms with E-state index in [4.69, 9.17) is 21.0 Å². The van der Waals surface area contributed by atoms with Crippen molar-refractivity contribution in [1.82, 2.24) is 9.88 Å². The van der Waals surface area contributed by atoms with E-state index < -0.39 is 12.1 Å². The van der Waals surface area contributed by atoms with Crippen LogP contribution in [0.1, 0.15) is 40.1 Å². The highest BCUT2D eigenvalue weighted by atomic mass is 19.4. The molecule has 4 N–H and O–H groups in total. The standard InChI is InChI=1S/C25H25N5O.C2HF3O2/c1-17(19-10-12-29(2)13-11-19)28-25(31)23-15-20-7-3-4-9-22(20)30(23)16-18-6-5-8-21(14-18)24(26)27;3-2(4,5)1(6)7/h3-15,17H,16H2,1-2H3,(H3-,26,27,28,31);(H,6,7)/t17-;/m0./s1. The van der Waals surface area contributed by atoms with Gasteiger partial charge in [-0.1, -0.05) is 36.4 Å². The lowest BCUT2D eigenvalue weighted by atomic mass is 10.1. The summed E-state index contributed by atoms with van der Waals surface area (Å²) in [5.74, 6) is -3.10. The number of rotatable bonds is 6. The molecule has 0 saturated carbocycles. The molecule has 11 heteroatoms. The smallest absolute Gasteiger partial charge is 0.430 e. The number of carbonyl (C=O) groups excluding carboxylic acids is 2. The summed E-state index contributed by atoms with van der Waals surface area (Å²) in [6.45, 7) is 2.49. The second-order valence-electron chi connectivity index (χ2n) is 8.57. The number of amides is 1. The lowest BCUT2D eigenvalue weighted by Crippen LogP contribution is -2.37. The number of nitrogen functional groups attached to an aromatic ring is 1. The van der Waals surface area contributed by atoms with Crippen LogP contribution >= 0.6 is 0 Å². The maximum Gasteiger partial charge on any atom is 0.430 e. The van der Waals surface area contributed by atoms with Crippen molar-refractivity contribution >= 4 is 28.6 Å². The first-order chi connectivity index (χ1) is 17.9. The van der Waals surface area contributed by atoms with E-state index in [1.165, 1.54) is 0 Å². The summed E-state index contributed by atoms with van der Waals surface area (Å²) in [6, 6.07) is 21.4. The van der Waals surface area contributed by atoms with Gasteiger partial charge in [-0.3, -0.25) is 10.2 Å². The second kappa shape index (κ2) is 11.6. The Kier molecular flexibility index (Phi) is 8.51. The fourth-order valence-corrected chi connectivity index (χ4v) is 3.74. The molecule has 0 saturated heterocycles. The van der Waals surface area contributed by atoms with Crippen LogP contribution in [-0.4, -0.2) is 28.5 Å². The van der Waals surface area contributed by atoms with Crippen LogP contribution in [0.5, 0.6) is 0 Å². The average molecular weight is 526 g/mol. The van der Waals surface area contributed by atoms with Crippen LogP contribution in [0.4, 0.5) is 13.2 Å². The molecule has 0 aliphatic rings. The Morgan fingerprint density at radius 1 is 1.08 bits per heavy atom. The van der Waals surface area contributed by atoms with Crippen LogP contribution in [-0.2, 0) is 18.4 Å². The number of nitrogens with zero attached hydrogens (tertiary/aromatic N) is 2. The molecule has 0 radical (unpaired) electrons. The van der Waals surface area contributed by atoms with Gasteiger partial charge in [0.05, 0.1) is 6.04 Å². The molecule has 4 rings (SSSR count). The molecule has 38 heavy (non-hydrogen) atoms. The van der Waals surface area contributed by atoms with E-state index in [9.17, 15) is 18.0 Å². The Bertz CT molecular complexity index is 1460. The van der Waals surface area contributed by atoms with Crippen LogP contribution < -0.4 is 20.7 Å². The van der Waals surface area contributed by atoms with Gasteiger partial charge in [-0.05, 0) is 36.2 Å². The van der Waals surface area contributed by atoms with E-state index in [0.29, 0.717) is 17.8 Å². The van der Waals surface area contributed by atoms with E-state index in [-0.39, 0.29) is 17.8 Å². The molecular formula is C27H26F3N5O3. The number of nitrogens with two attached hydrogens (primary N) is 1. The van der Waals surface area contributed by atoms with E-state index in [0.717, 1.165) is 22.0 Å². The number of hydrogen-bond donors (Lipinski definition) is 3. The Morgan fingerprint density at radius 2 is 1.71 bits per heavy atom. The highest BCUT2D eigenvalue weighted by molar-refractivity contribution is 5.99. The van der Waals surface area contributed by atoms with Gasteiger partial charge in [0, 0.05) is 35.1 Å². The lowest BCUT2D eigenvalue weighted by molar-refractivity contribution is -0.671. The maximum atomic E-state index is 13.3. The van der Waals surface area contributed by atoms with Crippen molar-refractivity contribution in [1.29, 1.82) is 5.41 Å². The molecule has 0 aliphatic heterocycles. The average Bonchev–Trinajstić information content (AvgIpc) is 3.23. The van der Waals surface area contributed by atoms with Crippen molar-refractivity contribution < 1.29 is 32.4 Å². The summed E-state index contributed by atoms with van der Waals surface area (Å²) >= 11 is 0. The van der Waals surface area contributed by atoms with Gasteiger partial charge < -0.3 is 25.5 Å². The Hall–Kier alpha value is -4.67. The van der Waals surface area contributed by atoms with E-state index >= 15 is 0 Å². The first kappa shape index (κ1) is 27.9. The highest BCUT2D eigenvalue weighted by Gasteiger charge is 2.28. The number of carboxylic acid groups (broad SMARTS) is 1. The van der Waals surface area contributed by atoms with Crippen molar-refractivity contribution in [3.05, 3.63) is 102 Å². The lowest BCUT2D eigenvalue weighted by Gasteiger charge is -2.16. The Balaban J connectivity index is 0.000000505. The predicted octanol–water partition coefficient (Wildman–Crippen LogP) is 2.59. The normalized spacial score (nSPS) is 11.8. The number of benzene rings is 2. The second-order valence-corrected chi connectivity index (χ2v) is 8.57. The first-order valence-electron chi connectivity index (χ1n) is 11.4. The van der Waals surface area contributed by atoms with Gasteiger partial charge >= 0.3 is 6.18 Å². The van der Waals surface area contributed by atoms with E-state index in [1.807, 2.05) is 102 Å². The summed E-state index contributed by atoms with van der Waals surface area (Å²) in [5, 5.41) is 20.6. The van der Waals surface area contributed by atoms with Gasteiger partial charge in [-0.15, -0.1) is 0 Å². The van der Waals surface area contributed by atoms with Crippen LogP contribution in [0.15, 0.2) is 79.1 Å². The minimum Gasteiger partial charge on any atom is -0.542 e. The number of aromatic nitrogens is 2. The van der Waals surface area contributed by atoms with Gasteiger partial charge in [0.1, 0.15) is 24.5 Å². The predicted molar refractivity (Wildman–Crippen MR) is 133 cm³/mol. The summed E-state index contributed by atoms with van der Waals surface area (Å²) < 4.78 is 35.5. The van der Waals surface area contributed by atoms with Crippen LogP contribution in [0, 0.1) is 5.41 Å². The highest BCUT2D eigenvalue weighted by Crippen LogP contribution is 2.23. The maximum absolute atomic E-state index is 13.3. The number of carbonyl (C=O) groups is 2. The summed E-state index contributed by atoms with van der Waals surface area (Å²) in [5.41, 5.74) is 9.94. The number of amidine groups is 1. The van der Waals surface area contributed by atoms with Crippen molar-refractivity contribution in [2.24, 2.45) is 12.8 Å².